The predicted molar refractivity (Wildman–Crippen MR) is 93.8 cm³/mol. The third-order valence-electron chi connectivity index (χ3n) is 3.82. The number of ether oxygens (including phenoxy) is 2. The lowest BCUT2D eigenvalue weighted by molar-refractivity contribution is -0.115. The molecule has 24 heavy (non-hydrogen) atoms. The van der Waals surface area contributed by atoms with E-state index in [1.54, 1.807) is 10.7 Å². The highest BCUT2D eigenvalue weighted by Crippen LogP contribution is 2.30. The molecule has 130 valence electrons. The van der Waals surface area contributed by atoms with Crippen LogP contribution in [0.5, 0.6) is 11.5 Å². The number of aryl methyl sites for hydroxylation is 2. The molecule has 2 aromatic rings. The van der Waals surface area contributed by atoms with Gasteiger partial charge in [-0.05, 0) is 39.8 Å². The number of hydrogen-bond donors (Lipinski definition) is 1. The van der Waals surface area contributed by atoms with Crippen molar-refractivity contribution < 1.29 is 14.3 Å². The Labute approximate surface area is 142 Å². The van der Waals surface area contributed by atoms with Crippen LogP contribution < -0.4 is 14.8 Å². The number of carbonyl (C=O) groups excluding carboxylic acids is 1. The maximum Gasteiger partial charge on any atom is 0.228 e. The Balaban J connectivity index is 2.12. The monoisotopic (exact) mass is 331 g/mol. The van der Waals surface area contributed by atoms with Gasteiger partial charge in [-0.2, -0.15) is 5.10 Å². The minimum Gasteiger partial charge on any atom is -0.490 e. The van der Waals surface area contributed by atoms with Gasteiger partial charge in [0.2, 0.25) is 5.91 Å². The molecule has 0 bridgehead atoms. The molecule has 0 saturated carbocycles. The second-order valence-electron chi connectivity index (χ2n) is 5.53. The third kappa shape index (κ3) is 4.07. The topological polar surface area (TPSA) is 65.4 Å². The molecule has 2 rings (SSSR count). The molecule has 1 N–H and O–H groups in total. The molecular weight excluding hydrogens is 306 g/mol. The Hall–Kier alpha value is -2.50. The van der Waals surface area contributed by atoms with Crippen LogP contribution in [-0.2, 0) is 18.3 Å². The van der Waals surface area contributed by atoms with Gasteiger partial charge in [0.15, 0.2) is 11.5 Å². The number of carbonyl (C=O) groups is 1. The smallest absolute Gasteiger partial charge is 0.228 e. The van der Waals surface area contributed by atoms with E-state index in [1.165, 1.54) is 0 Å². The van der Waals surface area contributed by atoms with E-state index >= 15 is 0 Å². The van der Waals surface area contributed by atoms with Crippen molar-refractivity contribution in [3.63, 3.8) is 0 Å². The number of hydrogen-bond acceptors (Lipinski definition) is 4. The van der Waals surface area contributed by atoms with Crippen molar-refractivity contribution in [1.82, 2.24) is 9.78 Å². The maximum atomic E-state index is 12.4. The first kappa shape index (κ1) is 17.8. The minimum atomic E-state index is -0.0826. The molecule has 0 atom stereocenters. The molecule has 1 amide bonds. The van der Waals surface area contributed by atoms with Gasteiger partial charge < -0.3 is 14.8 Å². The third-order valence-corrected chi connectivity index (χ3v) is 3.82. The molecule has 0 spiro atoms. The SMILES string of the molecule is CCOc1ccc(NC(=O)Cc2c(C)nn(C)c2C)cc1OCC. The van der Waals surface area contributed by atoms with Gasteiger partial charge in [-0.15, -0.1) is 0 Å². The van der Waals surface area contributed by atoms with E-state index in [2.05, 4.69) is 10.4 Å². The number of rotatable bonds is 7. The molecule has 0 aliphatic rings. The normalized spacial score (nSPS) is 10.5. The lowest BCUT2D eigenvalue weighted by Gasteiger charge is -2.13. The fourth-order valence-electron chi connectivity index (χ4n) is 2.57. The van der Waals surface area contributed by atoms with Gasteiger partial charge in [0, 0.05) is 30.1 Å². The zero-order valence-electron chi connectivity index (χ0n) is 15.0. The van der Waals surface area contributed by atoms with Crippen LogP contribution >= 0.6 is 0 Å². The zero-order chi connectivity index (χ0) is 17.7. The summed E-state index contributed by atoms with van der Waals surface area (Å²) in [7, 11) is 1.88. The second kappa shape index (κ2) is 7.86. The standard InChI is InChI=1S/C18H25N3O3/c1-6-23-16-9-8-14(10-17(16)24-7-2)19-18(22)11-15-12(3)20-21(5)13(15)4/h8-10H,6-7,11H2,1-5H3,(H,19,22). The first-order valence-corrected chi connectivity index (χ1v) is 8.14. The molecule has 0 radical (unpaired) electrons. The Morgan fingerprint density at radius 1 is 1.17 bits per heavy atom. The molecule has 0 aliphatic carbocycles. The molecule has 1 aromatic carbocycles. The van der Waals surface area contributed by atoms with Crippen molar-refractivity contribution in [3.8, 4) is 11.5 Å². The van der Waals surface area contributed by atoms with Crippen molar-refractivity contribution in [2.45, 2.75) is 34.1 Å². The fraction of sp³-hybridized carbons (Fsp3) is 0.444. The first-order chi connectivity index (χ1) is 11.5. The van der Waals surface area contributed by atoms with E-state index in [0.717, 1.165) is 17.0 Å². The summed E-state index contributed by atoms with van der Waals surface area (Å²) >= 11 is 0. The van der Waals surface area contributed by atoms with Gasteiger partial charge in [0.1, 0.15) is 0 Å². The predicted octanol–water partition coefficient (Wildman–Crippen LogP) is 3.02. The lowest BCUT2D eigenvalue weighted by atomic mass is 10.1. The van der Waals surface area contributed by atoms with Crippen LogP contribution in [0.2, 0.25) is 0 Å². The summed E-state index contributed by atoms with van der Waals surface area (Å²) in [5.41, 5.74) is 3.54. The second-order valence-corrected chi connectivity index (χ2v) is 5.53. The van der Waals surface area contributed by atoms with Crippen molar-refractivity contribution in [1.29, 1.82) is 0 Å². The average Bonchev–Trinajstić information content (AvgIpc) is 2.77. The van der Waals surface area contributed by atoms with E-state index in [-0.39, 0.29) is 5.91 Å². The summed E-state index contributed by atoms with van der Waals surface area (Å²) in [6.07, 6.45) is 0.294. The number of aromatic nitrogens is 2. The van der Waals surface area contributed by atoms with Gasteiger partial charge in [-0.3, -0.25) is 9.48 Å². The van der Waals surface area contributed by atoms with Gasteiger partial charge in [0.05, 0.1) is 25.3 Å². The maximum absolute atomic E-state index is 12.4. The highest BCUT2D eigenvalue weighted by molar-refractivity contribution is 5.92. The Morgan fingerprint density at radius 3 is 2.42 bits per heavy atom. The van der Waals surface area contributed by atoms with Crippen LogP contribution in [0.15, 0.2) is 18.2 Å². The molecule has 6 heteroatoms. The number of anilines is 1. The molecule has 0 saturated heterocycles. The van der Waals surface area contributed by atoms with E-state index < -0.39 is 0 Å². The van der Waals surface area contributed by atoms with Crippen molar-refractivity contribution in [2.75, 3.05) is 18.5 Å². The summed E-state index contributed by atoms with van der Waals surface area (Å²) in [4.78, 5) is 12.4. The van der Waals surface area contributed by atoms with Crippen LogP contribution in [-0.4, -0.2) is 28.9 Å². The van der Waals surface area contributed by atoms with Gasteiger partial charge >= 0.3 is 0 Å². The van der Waals surface area contributed by atoms with Gasteiger partial charge in [-0.25, -0.2) is 0 Å². The molecule has 0 fully saturated rings. The van der Waals surface area contributed by atoms with Crippen molar-refractivity contribution in [2.24, 2.45) is 7.05 Å². The van der Waals surface area contributed by atoms with Crippen molar-refractivity contribution in [3.05, 3.63) is 35.2 Å². The molecule has 0 aliphatic heterocycles. The summed E-state index contributed by atoms with van der Waals surface area (Å²) in [5, 5.41) is 7.25. The number of benzene rings is 1. The summed E-state index contributed by atoms with van der Waals surface area (Å²) in [6.45, 7) is 8.81. The molecule has 6 nitrogen and oxygen atoms in total. The molecule has 1 aromatic heterocycles. The van der Waals surface area contributed by atoms with E-state index in [0.29, 0.717) is 36.8 Å². The van der Waals surface area contributed by atoms with Crippen LogP contribution in [0.4, 0.5) is 5.69 Å². The molecule has 0 unspecified atom stereocenters. The minimum absolute atomic E-state index is 0.0826. The Bertz CT molecular complexity index is 723. The number of nitrogens with zero attached hydrogens (tertiary/aromatic N) is 2. The number of nitrogens with one attached hydrogen (secondary N) is 1. The largest absolute Gasteiger partial charge is 0.490 e. The van der Waals surface area contributed by atoms with E-state index in [9.17, 15) is 4.79 Å². The Morgan fingerprint density at radius 2 is 1.83 bits per heavy atom. The van der Waals surface area contributed by atoms with Crippen molar-refractivity contribution >= 4 is 11.6 Å². The highest BCUT2D eigenvalue weighted by atomic mass is 16.5. The van der Waals surface area contributed by atoms with Crippen LogP contribution in [0, 0.1) is 13.8 Å². The zero-order valence-corrected chi connectivity index (χ0v) is 15.0. The van der Waals surface area contributed by atoms with E-state index in [4.69, 9.17) is 9.47 Å². The quantitative estimate of drug-likeness (QED) is 0.847. The highest BCUT2D eigenvalue weighted by Gasteiger charge is 2.14. The Kier molecular flexibility index (Phi) is 5.84. The van der Waals surface area contributed by atoms with Crippen LogP contribution in [0.1, 0.15) is 30.8 Å². The molecular formula is C18H25N3O3. The first-order valence-electron chi connectivity index (χ1n) is 8.14. The summed E-state index contributed by atoms with van der Waals surface area (Å²) < 4.78 is 12.9. The summed E-state index contributed by atoms with van der Waals surface area (Å²) in [6, 6.07) is 5.41. The average molecular weight is 331 g/mol. The van der Waals surface area contributed by atoms with Crippen LogP contribution in [0.3, 0.4) is 0 Å². The van der Waals surface area contributed by atoms with Crippen LogP contribution in [0.25, 0.3) is 0 Å². The number of amides is 1. The van der Waals surface area contributed by atoms with Gasteiger partial charge in [-0.1, -0.05) is 0 Å². The summed E-state index contributed by atoms with van der Waals surface area (Å²) in [5.74, 6) is 1.22. The van der Waals surface area contributed by atoms with E-state index in [1.807, 2.05) is 46.9 Å². The lowest BCUT2D eigenvalue weighted by Crippen LogP contribution is -2.15. The fourth-order valence-corrected chi connectivity index (χ4v) is 2.57. The molecule has 1 heterocycles. The van der Waals surface area contributed by atoms with Gasteiger partial charge in [0.25, 0.3) is 0 Å².